The van der Waals surface area contributed by atoms with E-state index >= 15 is 0 Å². The van der Waals surface area contributed by atoms with E-state index in [9.17, 15) is 0 Å². The third kappa shape index (κ3) is 3.78. The Balaban J connectivity index is 1.84. The number of hydrogen-bond acceptors (Lipinski definition) is 5. The lowest BCUT2D eigenvalue weighted by Gasteiger charge is -2.13. The molecule has 1 aromatic heterocycles. The Labute approximate surface area is 143 Å². The zero-order valence-electron chi connectivity index (χ0n) is 12.5. The van der Waals surface area contributed by atoms with E-state index in [-0.39, 0.29) is 0 Å². The minimum Gasteiger partial charge on any atom is -0.393 e. The van der Waals surface area contributed by atoms with Gasteiger partial charge in [-0.1, -0.05) is 28.1 Å². The van der Waals surface area contributed by atoms with E-state index in [0.29, 0.717) is 17.3 Å². The number of anilines is 5. The van der Waals surface area contributed by atoms with Crippen molar-refractivity contribution in [3.8, 4) is 0 Å². The maximum Gasteiger partial charge on any atom is 0.159 e. The van der Waals surface area contributed by atoms with Gasteiger partial charge in [0.15, 0.2) is 11.6 Å². The lowest BCUT2D eigenvalue weighted by Crippen LogP contribution is -2.05. The van der Waals surface area contributed by atoms with Crippen molar-refractivity contribution in [3.05, 3.63) is 64.9 Å². The molecule has 0 atom stereocenters. The van der Waals surface area contributed by atoms with Crippen molar-refractivity contribution in [1.82, 2.24) is 9.97 Å². The third-order valence-electron chi connectivity index (χ3n) is 3.27. The standard InChI is InChI=1S/C17H16BrN5/c1-11-3-2-4-14(9-11)23-17-15(19)16(20-10-21-17)22-13-7-5-12(18)6-8-13/h2-10H,19H2,1H3,(H2,20,21,22,23). The molecule has 116 valence electrons. The Kier molecular flexibility index (Phi) is 4.43. The molecule has 0 radical (unpaired) electrons. The number of halogens is 1. The lowest BCUT2D eigenvalue weighted by atomic mass is 10.2. The summed E-state index contributed by atoms with van der Waals surface area (Å²) in [5, 5.41) is 6.42. The molecule has 0 aliphatic rings. The Morgan fingerprint density at radius 1 is 0.913 bits per heavy atom. The smallest absolute Gasteiger partial charge is 0.159 e. The van der Waals surface area contributed by atoms with E-state index in [1.807, 2.05) is 55.5 Å². The molecule has 3 rings (SSSR count). The van der Waals surface area contributed by atoms with Crippen LogP contribution in [0, 0.1) is 6.92 Å². The summed E-state index contributed by atoms with van der Waals surface area (Å²) in [6.45, 7) is 2.04. The lowest BCUT2D eigenvalue weighted by molar-refractivity contribution is 1.17. The maximum absolute atomic E-state index is 6.19. The van der Waals surface area contributed by atoms with Crippen molar-refractivity contribution in [3.63, 3.8) is 0 Å². The molecule has 0 saturated heterocycles. The van der Waals surface area contributed by atoms with Gasteiger partial charge >= 0.3 is 0 Å². The summed E-state index contributed by atoms with van der Waals surface area (Å²) in [6, 6.07) is 15.8. The molecule has 0 bridgehead atoms. The van der Waals surface area contributed by atoms with E-state index in [2.05, 4.69) is 36.5 Å². The predicted molar refractivity (Wildman–Crippen MR) is 98.3 cm³/mol. The van der Waals surface area contributed by atoms with Crippen LogP contribution < -0.4 is 16.4 Å². The summed E-state index contributed by atoms with van der Waals surface area (Å²) in [6.07, 6.45) is 1.48. The van der Waals surface area contributed by atoms with Crippen LogP contribution >= 0.6 is 15.9 Å². The van der Waals surface area contributed by atoms with Crippen molar-refractivity contribution >= 4 is 44.6 Å². The zero-order chi connectivity index (χ0) is 16.2. The summed E-state index contributed by atoms with van der Waals surface area (Å²) in [7, 11) is 0. The van der Waals surface area contributed by atoms with Crippen LogP contribution in [0.2, 0.25) is 0 Å². The first-order valence-electron chi connectivity index (χ1n) is 7.08. The van der Waals surface area contributed by atoms with Gasteiger partial charge < -0.3 is 16.4 Å². The maximum atomic E-state index is 6.19. The van der Waals surface area contributed by atoms with Crippen LogP contribution in [0.15, 0.2) is 59.3 Å². The molecule has 2 aromatic carbocycles. The molecule has 5 nitrogen and oxygen atoms in total. The van der Waals surface area contributed by atoms with Gasteiger partial charge in [-0.05, 0) is 48.9 Å². The molecule has 0 spiro atoms. The molecule has 0 aliphatic carbocycles. The predicted octanol–water partition coefficient (Wildman–Crippen LogP) is 4.62. The van der Waals surface area contributed by atoms with E-state index in [4.69, 9.17) is 5.73 Å². The summed E-state index contributed by atoms with van der Waals surface area (Å²) in [5.41, 5.74) is 9.66. The van der Waals surface area contributed by atoms with Crippen LogP contribution in [-0.2, 0) is 0 Å². The summed E-state index contributed by atoms with van der Waals surface area (Å²) in [5.74, 6) is 1.14. The van der Waals surface area contributed by atoms with E-state index in [1.54, 1.807) is 0 Å². The molecule has 0 saturated carbocycles. The van der Waals surface area contributed by atoms with Gasteiger partial charge in [0, 0.05) is 15.8 Å². The number of rotatable bonds is 4. The average molecular weight is 370 g/mol. The first-order valence-corrected chi connectivity index (χ1v) is 7.88. The molecule has 0 aliphatic heterocycles. The fourth-order valence-electron chi connectivity index (χ4n) is 2.12. The molecule has 4 N–H and O–H groups in total. The number of nitrogens with one attached hydrogen (secondary N) is 2. The van der Waals surface area contributed by atoms with Gasteiger partial charge in [0.1, 0.15) is 12.0 Å². The highest BCUT2D eigenvalue weighted by Gasteiger charge is 2.09. The monoisotopic (exact) mass is 369 g/mol. The highest BCUT2D eigenvalue weighted by atomic mass is 79.9. The second-order valence-corrected chi connectivity index (χ2v) is 6.03. The highest BCUT2D eigenvalue weighted by molar-refractivity contribution is 9.10. The summed E-state index contributed by atoms with van der Waals surface area (Å²) < 4.78 is 1.01. The van der Waals surface area contributed by atoms with Gasteiger partial charge in [0.05, 0.1) is 0 Å². The van der Waals surface area contributed by atoms with Gasteiger partial charge in [-0.2, -0.15) is 0 Å². The minimum absolute atomic E-state index is 0.469. The molecular formula is C17H16BrN5. The average Bonchev–Trinajstić information content (AvgIpc) is 2.53. The van der Waals surface area contributed by atoms with Crippen molar-refractivity contribution < 1.29 is 0 Å². The fraction of sp³-hybridized carbons (Fsp3) is 0.0588. The van der Waals surface area contributed by atoms with Crippen LogP contribution in [0.25, 0.3) is 0 Å². The molecule has 0 amide bonds. The van der Waals surface area contributed by atoms with E-state index in [1.165, 1.54) is 6.33 Å². The number of hydrogen-bond donors (Lipinski definition) is 3. The van der Waals surface area contributed by atoms with Crippen LogP contribution in [0.5, 0.6) is 0 Å². The van der Waals surface area contributed by atoms with Crippen LogP contribution in [0.3, 0.4) is 0 Å². The molecule has 6 heteroatoms. The highest BCUT2D eigenvalue weighted by Crippen LogP contribution is 2.28. The normalized spacial score (nSPS) is 10.3. The van der Waals surface area contributed by atoms with Crippen LogP contribution in [0.1, 0.15) is 5.56 Å². The van der Waals surface area contributed by atoms with E-state index < -0.39 is 0 Å². The topological polar surface area (TPSA) is 75.9 Å². The minimum atomic E-state index is 0.469. The summed E-state index contributed by atoms with van der Waals surface area (Å²) in [4.78, 5) is 8.44. The fourth-order valence-corrected chi connectivity index (χ4v) is 2.39. The molecule has 23 heavy (non-hydrogen) atoms. The molecular weight excluding hydrogens is 354 g/mol. The second kappa shape index (κ2) is 6.66. The van der Waals surface area contributed by atoms with Gasteiger partial charge in [0.2, 0.25) is 0 Å². The van der Waals surface area contributed by atoms with Crippen LogP contribution in [-0.4, -0.2) is 9.97 Å². The van der Waals surface area contributed by atoms with Gasteiger partial charge in [-0.3, -0.25) is 0 Å². The number of nitrogen functional groups attached to an aromatic ring is 1. The molecule has 0 fully saturated rings. The van der Waals surface area contributed by atoms with Crippen molar-refractivity contribution in [2.75, 3.05) is 16.4 Å². The van der Waals surface area contributed by atoms with Gasteiger partial charge in [0.25, 0.3) is 0 Å². The number of nitrogens with zero attached hydrogens (tertiary/aromatic N) is 2. The molecule has 0 unspecified atom stereocenters. The van der Waals surface area contributed by atoms with Gasteiger partial charge in [-0.15, -0.1) is 0 Å². The van der Waals surface area contributed by atoms with Crippen molar-refractivity contribution in [2.45, 2.75) is 6.92 Å². The van der Waals surface area contributed by atoms with Crippen molar-refractivity contribution in [1.29, 1.82) is 0 Å². The first kappa shape index (κ1) is 15.3. The first-order chi connectivity index (χ1) is 11.1. The Morgan fingerprint density at radius 2 is 1.57 bits per heavy atom. The van der Waals surface area contributed by atoms with Gasteiger partial charge in [-0.25, -0.2) is 9.97 Å². The number of nitrogens with two attached hydrogens (primary N) is 1. The number of benzene rings is 2. The van der Waals surface area contributed by atoms with Crippen LogP contribution in [0.4, 0.5) is 28.7 Å². The number of aromatic nitrogens is 2. The SMILES string of the molecule is Cc1cccc(Nc2ncnc(Nc3ccc(Br)cc3)c2N)c1. The third-order valence-corrected chi connectivity index (χ3v) is 3.80. The van der Waals surface area contributed by atoms with Crippen molar-refractivity contribution in [2.24, 2.45) is 0 Å². The summed E-state index contributed by atoms with van der Waals surface area (Å²) >= 11 is 3.41. The Morgan fingerprint density at radius 3 is 2.22 bits per heavy atom. The Hall–Kier alpha value is -2.60. The Bertz CT molecular complexity index is 817. The largest absolute Gasteiger partial charge is 0.393 e. The molecule has 1 heterocycles. The quantitative estimate of drug-likeness (QED) is 0.625. The van der Waals surface area contributed by atoms with E-state index in [0.717, 1.165) is 21.4 Å². The molecule has 3 aromatic rings. The zero-order valence-corrected chi connectivity index (χ0v) is 14.1. The number of aryl methyl sites for hydroxylation is 1. The second-order valence-electron chi connectivity index (χ2n) is 5.11.